The third kappa shape index (κ3) is 4.55. The summed E-state index contributed by atoms with van der Waals surface area (Å²) in [5.74, 6) is -1.77. The third-order valence-electron chi connectivity index (χ3n) is 4.34. The minimum Gasteiger partial charge on any atom is -0.353 e. The second-order valence-corrected chi connectivity index (χ2v) is 6.36. The van der Waals surface area contributed by atoms with Crippen LogP contribution in [0.1, 0.15) is 33.3 Å². The van der Waals surface area contributed by atoms with Crippen LogP contribution < -0.4 is 10.6 Å². The van der Waals surface area contributed by atoms with E-state index in [-0.39, 0.29) is 36.6 Å². The predicted molar refractivity (Wildman–Crippen MR) is 96.2 cm³/mol. The molecule has 0 spiro atoms. The van der Waals surface area contributed by atoms with E-state index in [0.717, 1.165) is 17.0 Å². The fraction of sp³-hybridized carbons (Fsp3) is 0.333. The number of aromatic nitrogens is 2. The fourth-order valence-corrected chi connectivity index (χ4v) is 2.95. The smallest absolute Gasteiger partial charge is 0.353 e. The Kier molecular flexibility index (Phi) is 5.57. The number of anilines is 1. The van der Waals surface area contributed by atoms with Crippen LogP contribution in [0.3, 0.4) is 0 Å². The summed E-state index contributed by atoms with van der Waals surface area (Å²) in [4.78, 5) is 37.7. The summed E-state index contributed by atoms with van der Waals surface area (Å²) in [5, 5.41) is 8.87. The van der Waals surface area contributed by atoms with Gasteiger partial charge in [0.05, 0.1) is 12.1 Å². The first-order valence-electron chi connectivity index (χ1n) is 8.80. The molecule has 0 bridgehead atoms. The van der Waals surface area contributed by atoms with Crippen molar-refractivity contribution < 1.29 is 27.6 Å². The van der Waals surface area contributed by atoms with E-state index < -0.39 is 29.5 Å². The lowest BCUT2D eigenvalue weighted by Gasteiger charge is -2.27. The quantitative estimate of drug-likeness (QED) is 0.804. The summed E-state index contributed by atoms with van der Waals surface area (Å²) in [6.07, 6.45) is -3.32. The molecule has 1 aromatic carbocycles. The maximum absolute atomic E-state index is 13.3. The molecule has 29 heavy (non-hydrogen) atoms. The van der Waals surface area contributed by atoms with Crippen molar-refractivity contribution in [3.63, 3.8) is 0 Å². The van der Waals surface area contributed by atoms with Crippen LogP contribution in [0.5, 0.6) is 0 Å². The minimum atomic E-state index is -4.72. The highest BCUT2D eigenvalue weighted by molar-refractivity contribution is 6.04. The maximum Gasteiger partial charge on any atom is 0.416 e. The highest BCUT2D eigenvalue weighted by Gasteiger charge is 2.33. The predicted octanol–water partition coefficient (Wildman–Crippen LogP) is 1.75. The summed E-state index contributed by atoms with van der Waals surface area (Å²) in [6.45, 7) is 2.32. The summed E-state index contributed by atoms with van der Waals surface area (Å²) >= 11 is 0. The van der Waals surface area contributed by atoms with Gasteiger partial charge in [-0.1, -0.05) is 0 Å². The summed E-state index contributed by atoms with van der Waals surface area (Å²) in [5.41, 5.74) is -1.36. The number of rotatable bonds is 4. The molecule has 0 radical (unpaired) electrons. The zero-order valence-electron chi connectivity index (χ0n) is 15.4. The van der Waals surface area contributed by atoms with Crippen LogP contribution in [-0.4, -0.2) is 52.0 Å². The standard InChI is InChI=1S/C18H18F3N5O3/c1-2-26-14(3-4-23-26)16(28)24-13-8-11(7-12(9-13)18(19,20)21)17(29)25-6-5-22-15(27)10-25/h3-4,7-9H,2,5-6,10H2,1H3,(H,22,27)(H,24,28). The number of nitrogens with zero attached hydrogens (tertiary/aromatic N) is 3. The third-order valence-corrected chi connectivity index (χ3v) is 4.34. The zero-order valence-corrected chi connectivity index (χ0v) is 15.4. The fourth-order valence-electron chi connectivity index (χ4n) is 2.95. The van der Waals surface area contributed by atoms with E-state index >= 15 is 0 Å². The van der Waals surface area contributed by atoms with Crippen molar-refractivity contribution in [1.82, 2.24) is 20.0 Å². The van der Waals surface area contributed by atoms with Crippen molar-refractivity contribution in [3.05, 3.63) is 47.3 Å². The molecule has 0 saturated carbocycles. The summed E-state index contributed by atoms with van der Waals surface area (Å²) in [7, 11) is 0. The molecule has 0 unspecified atom stereocenters. The van der Waals surface area contributed by atoms with E-state index in [1.807, 2.05) is 0 Å². The molecular formula is C18H18F3N5O3. The Balaban J connectivity index is 1.92. The molecule has 8 nitrogen and oxygen atoms in total. The lowest BCUT2D eigenvalue weighted by Crippen LogP contribution is -2.50. The molecule has 0 atom stereocenters. The number of halogens is 3. The number of carbonyl (C=O) groups excluding carboxylic acids is 3. The maximum atomic E-state index is 13.3. The van der Waals surface area contributed by atoms with Crippen LogP contribution in [0.25, 0.3) is 0 Å². The summed E-state index contributed by atoms with van der Waals surface area (Å²) < 4.78 is 41.4. The molecule has 1 fully saturated rings. The number of aryl methyl sites for hydroxylation is 1. The number of carbonyl (C=O) groups is 3. The van der Waals surface area contributed by atoms with Crippen molar-refractivity contribution in [2.24, 2.45) is 0 Å². The molecule has 2 heterocycles. The molecule has 3 amide bonds. The number of nitrogens with one attached hydrogen (secondary N) is 2. The van der Waals surface area contributed by atoms with E-state index in [2.05, 4.69) is 15.7 Å². The number of hydrogen-bond donors (Lipinski definition) is 2. The molecule has 1 aromatic heterocycles. The van der Waals surface area contributed by atoms with Gasteiger partial charge in [0.1, 0.15) is 5.69 Å². The molecule has 154 valence electrons. The van der Waals surface area contributed by atoms with Gasteiger partial charge in [0.25, 0.3) is 11.8 Å². The Morgan fingerprint density at radius 1 is 1.28 bits per heavy atom. The molecule has 2 N–H and O–H groups in total. The normalized spacial score (nSPS) is 14.5. The Hall–Kier alpha value is -3.37. The van der Waals surface area contributed by atoms with Crippen LogP contribution in [0.4, 0.5) is 18.9 Å². The van der Waals surface area contributed by atoms with E-state index in [9.17, 15) is 27.6 Å². The average molecular weight is 409 g/mol. The molecule has 11 heteroatoms. The molecule has 1 saturated heterocycles. The first-order chi connectivity index (χ1) is 13.7. The highest BCUT2D eigenvalue weighted by atomic mass is 19.4. The van der Waals surface area contributed by atoms with Gasteiger partial charge in [0, 0.05) is 37.1 Å². The lowest BCUT2D eigenvalue weighted by molar-refractivity contribution is -0.137. The molecule has 1 aliphatic heterocycles. The molecule has 2 aromatic rings. The van der Waals surface area contributed by atoms with E-state index in [1.54, 1.807) is 6.92 Å². The van der Waals surface area contributed by atoms with Crippen LogP contribution >= 0.6 is 0 Å². The van der Waals surface area contributed by atoms with E-state index in [4.69, 9.17) is 0 Å². The van der Waals surface area contributed by atoms with Crippen molar-refractivity contribution in [2.45, 2.75) is 19.6 Å². The van der Waals surface area contributed by atoms with Gasteiger partial charge in [0.15, 0.2) is 0 Å². The number of benzene rings is 1. The zero-order chi connectivity index (χ0) is 21.2. The van der Waals surface area contributed by atoms with Gasteiger partial charge in [-0.05, 0) is 31.2 Å². The second-order valence-electron chi connectivity index (χ2n) is 6.36. The SMILES string of the molecule is CCn1nccc1C(=O)Nc1cc(C(=O)N2CCNC(=O)C2)cc(C(F)(F)F)c1. The van der Waals surface area contributed by atoms with Gasteiger partial charge in [0.2, 0.25) is 5.91 Å². The Labute approximate surface area is 163 Å². The lowest BCUT2D eigenvalue weighted by atomic mass is 10.1. The van der Waals surface area contributed by atoms with Crippen molar-refractivity contribution in [2.75, 3.05) is 25.0 Å². The van der Waals surface area contributed by atoms with Gasteiger partial charge in [-0.25, -0.2) is 0 Å². The van der Waals surface area contributed by atoms with Gasteiger partial charge in [-0.3, -0.25) is 19.1 Å². The van der Waals surface area contributed by atoms with Crippen LogP contribution in [-0.2, 0) is 17.5 Å². The average Bonchev–Trinajstić information content (AvgIpc) is 3.15. The largest absolute Gasteiger partial charge is 0.416 e. The summed E-state index contributed by atoms with van der Waals surface area (Å²) in [6, 6.07) is 4.06. The molecule has 3 rings (SSSR count). The minimum absolute atomic E-state index is 0.172. The topological polar surface area (TPSA) is 96.3 Å². The van der Waals surface area contributed by atoms with Crippen molar-refractivity contribution in [3.8, 4) is 0 Å². The van der Waals surface area contributed by atoms with Crippen LogP contribution in [0, 0.1) is 0 Å². The highest BCUT2D eigenvalue weighted by Crippen LogP contribution is 2.32. The van der Waals surface area contributed by atoms with Gasteiger partial charge in [-0.2, -0.15) is 18.3 Å². The Morgan fingerprint density at radius 3 is 2.69 bits per heavy atom. The second kappa shape index (κ2) is 7.94. The monoisotopic (exact) mass is 409 g/mol. The van der Waals surface area contributed by atoms with E-state index in [0.29, 0.717) is 12.6 Å². The van der Waals surface area contributed by atoms with Crippen molar-refractivity contribution >= 4 is 23.4 Å². The Morgan fingerprint density at radius 2 is 2.03 bits per heavy atom. The number of hydrogen-bond acceptors (Lipinski definition) is 4. The van der Waals surface area contributed by atoms with Gasteiger partial charge >= 0.3 is 6.18 Å². The van der Waals surface area contributed by atoms with Crippen molar-refractivity contribution in [1.29, 1.82) is 0 Å². The van der Waals surface area contributed by atoms with Gasteiger partial charge < -0.3 is 15.5 Å². The number of alkyl halides is 3. The molecule has 1 aliphatic rings. The number of piperazine rings is 1. The first kappa shape index (κ1) is 20.4. The number of amides is 3. The molecule has 0 aliphatic carbocycles. The van der Waals surface area contributed by atoms with Crippen LogP contribution in [0.2, 0.25) is 0 Å². The first-order valence-corrected chi connectivity index (χ1v) is 8.80. The molecular weight excluding hydrogens is 391 g/mol. The van der Waals surface area contributed by atoms with E-state index in [1.165, 1.54) is 16.9 Å². The van der Waals surface area contributed by atoms with Gasteiger partial charge in [-0.15, -0.1) is 0 Å². The Bertz CT molecular complexity index is 954. The van der Waals surface area contributed by atoms with Crippen LogP contribution in [0.15, 0.2) is 30.5 Å².